The van der Waals surface area contributed by atoms with Gasteiger partial charge >= 0.3 is 0 Å². The zero-order chi connectivity index (χ0) is 38.0. The minimum absolute atomic E-state index is 0.489. The van der Waals surface area contributed by atoms with Crippen molar-refractivity contribution in [3.05, 3.63) is 229 Å². The van der Waals surface area contributed by atoms with Crippen LogP contribution >= 0.6 is 0 Å². The molecule has 1 aliphatic rings. The van der Waals surface area contributed by atoms with Crippen molar-refractivity contribution in [3.63, 3.8) is 0 Å². The van der Waals surface area contributed by atoms with E-state index in [2.05, 4.69) is 209 Å². The van der Waals surface area contributed by atoms with Crippen LogP contribution in [0.5, 0.6) is 0 Å². The third kappa shape index (κ3) is 4.12. The normalized spacial score (nSPS) is 13.3. The fraction of sp³-hybridized carbons (Fsp3) is 0.0182. The lowest BCUT2D eigenvalue weighted by Gasteiger charge is -2.34. The summed E-state index contributed by atoms with van der Waals surface area (Å²) in [4.78, 5) is 0. The molecule has 0 saturated heterocycles. The summed E-state index contributed by atoms with van der Waals surface area (Å²) in [7, 11) is 0. The van der Waals surface area contributed by atoms with Gasteiger partial charge < -0.3 is 13.6 Å². The maximum absolute atomic E-state index is 6.47. The molecule has 3 aromatic heterocycles. The average Bonchev–Trinajstić information content (AvgIpc) is 4.00. The van der Waals surface area contributed by atoms with Crippen LogP contribution in [0, 0.1) is 0 Å². The van der Waals surface area contributed by atoms with E-state index in [0.29, 0.717) is 0 Å². The first kappa shape index (κ1) is 31.6. The molecule has 0 unspecified atom stereocenters. The lowest BCUT2D eigenvalue weighted by atomic mass is 9.67. The van der Waals surface area contributed by atoms with Crippen molar-refractivity contribution in [2.24, 2.45) is 0 Å². The summed E-state index contributed by atoms with van der Waals surface area (Å²) in [6.45, 7) is 0. The van der Waals surface area contributed by atoms with Crippen LogP contribution in [0.15, 0.2) is 211 Å². The van der Waals surface area contributed by atoms with Gasteiger partial charge in [-0.05, 0) is 88.0 Å². The van der Waals surface area contributed by atoms with Crippen LogP contribution in [0.4, 0.5) is 0 Å². The first-order chi connectivity index (χ1) is 28.8. The van der Waals surface area contributed by atoms with Crippen molar-refractivity contribution < 1.29 is 4.42 Å². The first-order valence-corrected chi connectivity index (χ1v) is 20.0. The van der Waals surface area contributed by atoms with Crippen LogP contribution < -0.4 is 0 Å². The van der Waals surface area contributed by atoms with Crippen LogP contribution in [0.1, 0.15) is 22.3 Å². The zero-order valence-electron chi connectivity index (χ0n) is 31.4. The Morgan fingerprint density at radius 3 is 1.62 bits per heavy atom. The van der Waals surface area contributed by atoms with E-state index < -0.39 is 5.41 Å². The second kappa shape index (κ2) is 11.7. The second-order valence-corrected chi connectivity index (χ2v) is 15.6. The van der Waals surface area contributed by atoms with Gasteiger partial charge in [0.1, 0.15) is 11.2 Å². The summed E-state index contributed by atoms with van der Waals surface area (Å²) in [5, 5.41) is 7.17. The monoisotopic (exact) mass is 738 g/mol. The lowest BCUT2D eigenvalue weighted by molar-refractivity contribution is 0.669. The highest BCUT2D eigenvalue weighted by atomic mass is 16.3. The van der Waals surface area contributed by atoms with Crippen LogP contribution in [-0.2, 0) is 5.41 Å². The molecule has 0 radical (unpaired) electrons. The Balaban J connectivity index is 1.14. The Hall–Kier alpha value is -7.62. The highest BCUT2D eigenvalue weighted by Gasteiger charge is 2.46. The molecule has 13 rings (SSSR count). The van der Waals surface area contributed by atoms with Gasteiger partial charge in [-0.25, -0.2) is 0 Å². The number of furan rings is 1. The number of fused-ring (bicyclic) bond motifs is 12. The summed E-state index contributed by atoms with van der Waals surface area (Å²) >= 11 is 0. The molecule has 0 saturated carbocycles. The van der Waals surface area contributed by atoms with E-state index in [9.17, 15) is 0 Å². The van der Waals surface area contributed by atoms with E-state index in [-0.39, 0.29) is 0 Å². The quantitative estimate of drug-likeness (QED) is 0.176. The molecule has 0 bridgehead atoms. The van der Waals surface area contributed by atoms with Gasteiger partial charge in [0.25, 0.3) is 0 Å². The average molecular weight is 739 g/mol. The fourth-order valence-corrected chi connectivity index (χ4v) is 10.4. The Labute approximate surface area is 334 Å². The van der Waals surface area contributed by atoms with E-state index in [4.69, 9.17) is 4.42 Å². The Morgan fingerprint density at radius 1 is 0.310 bits per heavy atom. The Bertz CT molecular complexity index is 3570. The molecular weight excluding hydrogens is 705 g/mol. The topological polar surface area (TPSA) is 23.0 Å². The van der Waals surface area contributed by atoms with E-state index >= 15 is 0 Å². The van der Waals surface area contributed by atoms with Crippen LogP contribution in [-0.4, -0.2) is 9.13 Å². The molecular formula is C55H34N2O. The predicted octanol–water partition coefficient (Wildman–Crippen LogP) is 14.1. The van der Waals surface area contributed by atoms with Crippen LogP contribution in [0.2, 0.25) is 0 Å². The van der Waals surface area contributed by atoms with E-state index in [1.165, 1.54) is 66.0 Å². The summed E-state index contributed by atoms with van der Waals surface area (Å²) in [5.41, 5.74) is 15.9. The third-order valence-electron chi connectivity index (χ3n) is 12.8. The molecule has 12 aromatic rings. The van der Waals surface area contributed by atoms with Crippen molar-refractivity contribution in [1.82, 2.24) is 9.13 Å². The maximum Gasteiger partial charge on any atom is 0.137 e. The van der Waals surface area contributed by atoms with Gasteiger partial charge in [-0.1, -0.05) is 146 Å². The standard InChI is InChI=1S/C55H34N2O/c1-4-16-35(17-5-1)55(36-18-6-2-7-19-36)47-25-13-10-22-39(47)40-29-28-38(30-48(40)55)57-49-26-14-11-23-41(49)43-31-44-45-32-46-42-24-12-15-27-53(42)58-54(46)34-52(45)56(51(44)33-50(43)57)37-20-8-3-9-21-37/h1-34H. The minimum Gasteiger partial charge on any atom is -0.456 e. The molecule has 0 amide bonds. The summed E-state index contributed by atoms with van der Waals surface area (Å²) in [6.07, 6.45) is 0. The van der Waals surface area contributed by atoms with E-state index in [0.717, 1.165) is 44.3 Å². The number of hydrogen-bond donors (Lipinski definition) is 0. The maximum atomic E-state index is 6.47. The van der Waals surface area contributed by atoms with Gasteiger partial charge in [0, 0.05) is 49.8 Å². The number of benzene rings is 9. The molecule has 9 aromatic carbocycles. The first-order valence-electron chi connectivity index (χ1n) is 20.0. The van der Waals surface area contributed by atoms with Crippen molar-refractivity contribution in [1.29, 1.82) is 0 Å². The molecule has 3 nitrogen and oxygen atoms in total. The number of para-hydroxylation sites is 3. The van der Waals surface area contributed by atoms with Gasteiger partial charge in [-0.2, -0.15) is 0 Å². The molecule has 0 atom stereocenters. The largest absolute Gasteiger partial charge is 0.456 e. The molecule has 0 fully saturated rings. The summed E-state index contributed by atoms with van der Waals surface area (Å²) in [5.74, 6) is 0. The molecule has 1 aliphatic carbocycles. The van der Waals surface area contributed by atoms with Crippen molar-refractivity contribution in [2.45, 2.75) is 5.41 Å². The van der Waals surface area contributed by atoms with Crippen molar-refractivity contribution in [2.75, 3.05) is 0 Å². The Morgan fingerprint density at radius 2 is 0.862 bits per heavy atom. The van der Waals surface area contributed by atoms with Gasteiger partial charge in [-0.15, -0.1) is 0 Å². The highest BCUT2D eigenvalue weighted by Crippen LogP contribution is 2.56. The van der Waals surface area contributed by atoms with E-state index in [1.54, 1.807) is 0 Å². The van der Waals surface area contributed by atoms with E-state index in [1.807, 2.05) is 6.07 Å². The smallest absolute Gasteiger partial charge is 0.137 e. The van der Waals surface area contributed by atoms with Crippen LogP contribution in [0.3, 0.4) is 0 Å². The van der Waals surface area contributed by atoms with Crippen LogP contribution in [0.25, 0.3) is 88.1 Å². The SMILES string of the molecule is c1ccc(-n2c3cc4oc5ccccc5c4cc3c3cc4c5ccccc5n(-c5ccc6c(c5)C(c5ccccc5)(c5ccccc5)c5ccccc5-6)c4cc32)cc1. The van der Waals surface area contributed by atoms with Crippen molar-refractivity contribution >= 4 is 65.6 Å². The van der Waals surface area contributed by atoms with Crippen molar-refractivity contribution in [3.8, 4) is 22.5 Å². The lowest BCUT2D eigenvalue weighted by Crippen LogP contribution is -2.28. The van der Waals surface area contributed by atoms with Gasteiger partial charge in [-0.3, -0.25) is 0 Å². The molecule has 3 heteroatoms. The number of nitrogens with zero attached hydrogens (tertiary/aromatic N) is 2. The molecule has 3 heterocycles. The number of hydrogen-bond acceptors (Lipinski definition) is 1. The summed E-state index contributed by atoms with van der Waals surface area (Å²) in [6, 6.07) is 75.6. The molecule has 0 aliphatic heterocycles. The molecule has 0 N–H and O–H groups in total. The van der Waals surface area contributed by atoms with Gasteiger partial charge in [0.05, 0.1) is 27.5 Å². The minimum atomic E-state index is -0.489. The predicted molar refractivity (Wildman–Crippen MR) is 240 cm³/mol. The molecule has 58 heavy (non-hydrogen) atoms. The Kier molecular flexibility index (Phi) is 6.37. The number of rotatable bonds is 4. The zero-order valence-corrected chi connectivity index (χ0v) is 31.4. The molecule has 270 valence electrons. The number of aromatic nitrogens is 2. The van der Waals surface area contributed by atoms with Gasteiger partial charge in [0.15, 0.2) is 0 Å². The second-order valence-electron chi connectivity index (χ2n) is 15.6. The highest BCUT2D eigenvalue weighted by molar-refractivity contribution is 6.22. The third-order valence-corrected chi connectivity index (χ3v) is 12.8. The fourth-order valence-electron chi connectivity index (χ4n) is 10.4. The summed E-state index contributed by atoms with van der Waals surface area (Å²) < 4.78 is 11.4. The molecule has 0 spiro atoms. The van der Waals surface area contributed by atoms with Gasteiger partial charge in [0.2, 0.25) is 0 Å².